The Hall–Kier alpha value is -2.46. The largest absolute Gasteiger partial charge is 0.361 e. The first-order valence-corrected chi connectivity index (χ1v) is 5.97. The third kappa shape index (κ3) is 1.69. The number of terminal acetylenes is 1. The van der Waals surface area contributed by atoms with E-state index in [1.54, 1.807) is 0 Å². The molecule has 86 valence electrons. The lowest BCUT2D eigenvalue weighted by Gasteiger charge is -2.10. The van der Waals surface area contributed by atoms with Gasteiger partial charge >= 0.3 is 0 Å². The Morgan fingerprint density at radius 1 is 0.944 bits per heavy atom. The molecule has 1 heteroatoms. The second kappa shape index (κ2) is 4.43. The topological polar surface area (TPSA) is 15.8 Å². The van der Waals surface area contributed by atoms with Crippen LogP contribution in [0.4, 0.5) is 0 Å². The average molecular weight is 231 g/mol. The van der Waals surface area contributed by atoms with Gasteiger partial charge in [-0.2, -0.15) is 0 Å². The average Bonchev–Trinajstić information content (AvgIpc) is 2.85. The molecule has 1 aromatic heterocycles. The van der Waals surface area contributed by atoms with Crippen LogP contribution in [0, 0.1) is 12.3 Å². The highest BCUT2D eigenvalue weighted by Gasteiger charge is 2.14. The van der Waals surface area contributed by atoms with Gasteiger partial charge in [-0.05, 0) is 17.2 Å². The minimum Gasteiger partial charge on any atom is -0.361 e. The van der Waals surface area contributed by atoms with Crippen molar-refractivity contribution in [2.24, 2.45) is 0 Å². The Balaban J connectivity index is 2.16. The second-order valence-electron chi connectivity index (χ2n) is 4.30. The maximum Gasteiger partial charge on any atom is 0.0720 e. The van der Waals surface area contributed by atoms with Gasteiger partial charge in [0.15, 0.2) is 0 Å². The smallest absolute Gasteiger partial charge is 0.0720 e. The molecule has 0 saturated carbocycles. The van der Waals surface area contributed by atoms with Crippen molar-refractivity contribution in [3.05, 3.63) is 71.9 Å². The van der Waals surface area contributed by atoms with E-state index in [0.29, 0.717) is 0 Å². The number of aromatic amines is 1. The first-order chi connectivity index (χ1) is 8.90. The zero-order chi connectivity index (χ0) is 12.4. The SMILES string of the molecule is C#CC(c1ccccc1)c1c[nH]c2ccccc12. The molecule has 0 fully saturated rings. The van der Waals surface area contributed by atoms with Gasteiger partial charge in [0.25, 0.3) is 0 Å². The highest BCUT2D eigenvalue weighted by molar-refractivity contribution is 5.84. The molecule has 0 amide bonds. The number of hydrogen-bond donors (Lipinski definition) is 1. The summed E-state index contributed by atoms with van der Waals surface area (Å²) in [6.45, 7) is 0. The Labute approximate surface area is 106 Å². The molecule has 1 unspecified atom stereocenters. The Kier molecular flexibility index (Phi) is 2.63. The lowest BCUT2D eigenvalue weighted by molar-refractivity contribution is 1.08. The molecule has 3 aromatic rings. The molecule has 0 saturated heterocycles. The number of aromatic nitrogens is 1. The van der Waals surface area contributed by atoms with E-state index in [1.165, 1.54) is 10.9 Å². The molecular formula is C17H13N. The summed E-state index contributed by atoms with van der Waals surface area (Å²) in [5.41, 5.74) is 3.45. The number of rotatable bonds is 2. The van der Waals surface area contributed by atoms with Gasteiger partial charge in [0.05, 0.1) is 5.92 Å². The molecule has 0 radical (unpaired) electrons. The highest BCUT2D eigenvalue weighted by Crippen LogP contribution is 2.29. The third-order valence-electron chi connectivity index (χ3n) is 3.23. The van der Waals surface area contributed by atoms with E-state index < -0.39 is 0 Å². The molecule has 1 heterocycles. The summed E-state index contributed by atoms with van der Waals surface area (Å²) >= 11 is 0. The second-order valence-corrected chi connectivity index (χ2v) is 4.30. The fourth-order valence-corrected chi connectivity index (χ4v) is 2.34. The van der Waals surface area contributed by atoms with Gasteiger partial charge in [-0.25, -0.2) is 0 Å². The molecule has 1 nitrogen and oxygen atoms in total. The third-order valence-corrected chi connectivity index (χ3v) is 3.23. The van der Waals surface area contributed by atoms with Crippen molar-refractivity contribution < 1.29 is 0 Å². The monoisotopic (exact) mass is 231 g/mol. The first kappa shape index (κ1) is 10.7. The molecule has 2 aromatic carbocycles. The van der Waals surface area contributed by atoms with Crippen molar-refractivity contribution in [3.8, 4) is 12.3 Å². The molecule has 0 spiro atoms. The van der Waals surface area contributed by atoms with Crippen molar-refractivity contribution in [2.75, 3.05) is 0 Å². The predicted molar refractivity (Wildman–Crippen MR) is 75.4 cm³/mol. The molecule has 3 rings (SSSR count). The van der Waals surface area contributed by atoms with Crippen LogP contribution >= 0.6 is 0 Å². The van der Waals surface area contributed by atoms with Crippen molar-refractivity contribution in [3.63, 3.8) is 0 Å². The fourth-order valence-electron chi connectivity index (χ4n) is 2.34. The molecule has 0 bridgehead atoms. The molecule has 0 aliphatic rings. The van der Waals surface area contributed by atoms with E-state index in [2.05, 4.69) is 35.2 Å². The molecule has 0 aliphatic heterocycles. The lowest BCUT2D eigenvalue weighted by Crippen LogP contribution is -1.96. The van der Waals surface area contributed by atoms with Gasteiger partial charge in [-0.15, -0.1) is 6.42 Å². The van der Waals surface area contributed by atoms with Gasteiger partial charge in [-0.1, -0.05) is 54.5 Å². The summed E-state index contributed by atoms with van der Waals surface area (Å²) in [6, 6.07) is 18.4. The Bertz CT molecular complexity index is 701. The van der Waals surface area contributed by atoms with E-state index in [9.17, 15) is 0 Å². The van der Waals surface area contributed by atoms with Crippen LogP contribution < -0.4 is 0 Å². The fraction of sp³-hybridized carbons (Fsp3) is 0.0588. The van der Waals surface area contributed by atoms with Crippen LogP contribution in [0.2, 0.25) is 0 Å². The zero-order valence-electron chi connectivity index (χ0n) is 9.93. The summed E-state index contributed by atoms with van der Waals surface area (Å²) < 4.78 is 0. The quantitative estimate of drug-likeness (QED) is 0.643. The van der Waals surface area contributed by atoms with Crippen LogP contribution in [0.5, 0.6) is 0 Å². The van der Waals surface area contributed by atoms with Crippen LogP contribution in [0.3, 0.4) is 0 Å². The van der Waals surface area contributed by atoms with E-state index in [0.717, 1.165) is 11.1 Å². The number of fused-ring (bicyclic) bond motifs is 1. The summed E-state index contributed by atoms with van der Waals surface area (Å²) in [4.78, 5) is 3.28. The van der Waals surface area contributed by atoms with E-state index in [-0.39, 0.29) is 5.92 Å². The van der Waals surface area contributed by atoms with Gasteiger partial charge in [-0.3, -0.25) is 0 Å². The molecule has 1 N–H and O–H groups in total. The van der Waals surface area contributed by atoms with E-state index in [4.69, 9.17) is 6.42 Å². The first-order valence-electron chi connectivity index (χ1n) is 5.97. The van der Waals surface area contributed by atoms with Gasteiger partial charge < -0.3 is 4.98 Å². The van der Waals surface area contributed by atoms with Crippen LogP contribution in [-0.2, 0) is 0 Å². The van der Waals surface area contributed by atoms with Crippen LogP contribution in [0.15, 0.2) is 60.8 Å². The summed E-state index contributed by atoms with van der Waals surface area (Å²) in [5, 5.41) is 1.20. The van der Waals surface area contributed by atoms with Gasteiger partial charge in [0.2, 0.25) is 0 Å². The number of hydrogen-bond acceptors (Lipinski definition) is 0. The molecule has 1 atom stereocenters. The number of para-hydroxylation sites is 1. The van der Waals surface area contributed by atoms with Crippen molar-refractivity contribution in [1.82, 2.24) is 4.98 Å². The molecule has 0 aliphatic carbocycles. The van der Waals surface area contributed by atoms with Gasteiger partial charge in [0, 0.05) is 17.1 Å². The van der Waals surface area contributed by atoms with Crippen LogP contribution in [-0.4, -0.2) is 4.98 Å². The summed E-state index contributed by atoms with van der Waals surface area (Å²) in [6.07, 6.45) is 7.74. The van der Waals surface area contributed by atoms with Gasteiger partial charge in [0.1, 0.15) is 0 Å². The zero-order valence-corrected chi connectivity index (χ0v) is 9.93. The molecule has 18 heavy (non-hydrogen) atoms. The van der Waals surface area contributed by atoms with Crippen LogP contribution in [0.25, 0.3) is 10.9 Å². The lowest BCUT2D eigenvalue weighted by atomic mass is 9.92. The standard InChI is InChI=1S/C17H13N/c1-2-14(13-8-4-3-5-9-13)16-12-18-17-11-7-6-10-15(16)17/h1,3-12,14,18H. The molecular weight excluding hydrogens is 218 g/mol. The maximum atomic E-state index is 5.72. The number of benzene rings is 2. The minimum absolute atomic E-state index is 0.00218. The Morgan fingerprint density at radius 2 is 1.67 bits per heavy atom. The number of H-pyrrole nitrogens is 1. The Morgan fingerprint density at radius 3 is 2.44 bits per heavy atom. The van der Waals surface area contributed by atoms with Crippen LogP contribution in [0.1, 0.15) is 17.0 Å². The predicted octanol–water partition coefficient (Wildman–Crippen LogP) is 3.93. The van der Waals surface area contributed by atoms with E-state index >= 15 is 0 Å². The maximum absolute atomic E-state index is 5.72. The van der Waals surface area contributed by atoms with E-state index in [1.807, 2.05) is 36.5 Å². The summed E-state index contributed by atoms with van der Waals surface area (Å²) in [5.74, 6) is 2.90. The highest BCUT2D eigenvalue weighted by atomic mass is 14.7. The minimum atomic E-state index is 0.00218. The summed E-state index contributed by atoms with van der Waals surface area (Å²) in [7, 11) is 0. The normalized spacial score (nSPS) is 12.2. The van der Waals surface area contributed by atoms with Crippen molar-refractivity contribution in [2.45, 2.75) is 5.92 Å². The number of nitrogens with one attached hydrogen (secondary N) is 1. The van der Waals surface area contributed by atoms with Crippen molar-refractivity contribution in [1.29, 1.82) is 0 Å². The van der Waals surface area contributed by atoms with Crippen molar-refractivity contribution >= 4 is 10.9 Å².